The Balaban J connectivity index is 2.72. The van der Waals surface area contributed by atoms with Gasteiger partial charge in [-0.15, -0.1) is 0 Å². The van der Waals surface area contributed by atoms with Crippen molar-refractivity contribution >= 4 is 5.84 Å². The third-order valence-electron chi connectivity index (χ3n) is 3.33. The van der Waals surface area contributed by atoms with Crippen LogP contribution in [0.25, 0.3) is 0 Å². The van der Waals surface area contributed by atoms with Crippen molar-refractivity contribution in [2.45, 2.75) is 25.9 Å². The highest BCUT2D eigenvalue weighted by atomic mass is 16.5. The molecule has 0 aliphatic carbocycles. The molecular formula is C15H26N4O2. The third kappa shape index (κ3) is 5.61. The zero-order chi connectivity index (χ0) is 15.8. The van der Waals surface area contributed by atoms with Crippen LogP contribution in [0, 0.1) is 0 Å². The van der Waals surface area contributed by atoms with Crippen molar-refractivity contribution in [1.82, 2.24) is 10.2 Å². The first-order valence-corrected chi connectivity index (χ1v) is 7.00. The van der Waals surface area contributed by atoms with Crippen LogP contribution in [0.15, 0.2) is 23.4 Å². The van der Waals surface area contributed by atoms with Crippen LogP contribution in [0.1, 0.15) is 24.5 Å². The lowest BCUT2D eigenvalue weighted by Gasteiger charge is -2.18. The number of amidine groups is 1. The molecule has 0 aromatic heterocycles. The maximum absolute atomic E-state index is 8.76. The molecule has 6 heteroatoms. The number of nitrogens with two attached hydrogens (primary N) is 1. The number of methoxy groups -OCH3 is 1. The number of oxime groups is 1. The second-order valence-electron chi connectivity index (χ2n) is 5.39. The van der Waals surface area contributed by atoms with Gasteiger partial charge in [0.05, 0.1) is 7.11 Å². The SMILES string of the molecule is COc1ccc(/C(N)=N/O)cc1CNC(C)CCN(C)C. The molecule has 0 amide bonds. The summed E-state index contributed by atoms with van der Waals surface area (Å²) in [5, 5.41) is 15.2. The topological polar surface area (TPSA) is 83.1 Å². The zero-order valence-corrected chi connectivity index (χ0v) is 13.3. The quantitative estimate of drug-likeness (QED) is 0.291. The van der Waals surface area contributed by atoms with Crippen LogP contribution in [0.4, 0.5) is 0 Å². The molecule has 0 spiro atoms. The number of hydrogen-bond acceptors (Lipinski definition) is 5. The summed E-state index contributed by atoms with van der Waals surface area (Å²) in [5.74, 6) is 0.886. The van der Waals surface area contributed by atoms with E-state index in [1.165, 1.54) is 0 Å². The van der Waals surface area contributed by atoms with Gasteiger partial charge in [0.25, 0.3) is 0 Å². The Morgan fingerprint density at radius 1 is 1.48 bits per heavy atom. The van der Waals surface area contributed by atoms with Crippen molar-refractivity contribution in [2.24, 2.45) is 10.9 Å². The lowest BCUT2D eigenvalue weighted by Crippen LogP contribution is -2.29. The van der Waals surface area contributed by atoms with Crippen LogP contribution in [-0.2, 0) is 6.54 Å². The molecule has 0 aliphatic rings. The molecule has 1 aromatic rings. The molecule has 1 unspecified atom stereocenters. The van der Waals surface area contributed by atoms with Crippen LogP contribution in [0.3, 0.4) is 0 Å². The van der Waals surface area contributed by atoms with E-state index in [0.717, 1.165) is 24.3 Å². The number of nitrogens with zero attached hydrogens (tertiary/aromatic N) is 2. The Morgan fingerprint density at radius 3 is 2.76 bits per heavy atom. The van der Waals surface area contributed by atoms with Gasteiger partial charge in [0.15, 0.2) is 5.84 Å². The molecule has 1 atom stereocenters. The molecule has 0 aliphatic heterocycles. The van der Waals surface area contributed by atoms with Crippen LogP contribution in [0.2, 0.25) is 0 Å². The maximum atomic E-state index is 8.76. The Labute approximate surface area is 126 Å². The smallest absolute Gasteiger partial charge is 0.170 e. The minimum absolute atomic E-state index is 0.0968. The molecular weight excluding hydrogens is 268 g/mol. The third-order valence-corrected chi connectivity index (χ3v) is 3.33. The Kier molecular flexibility index (Phi) is 6.98. The monoisotopic (exact) mass is 294 g/mol. The van der Waals surface area contributed by atoms with Crippen molar-refractivity contribution in [3.8, 4) is 5.75 Å². The van der Waals surface area contributed by atoms with Crippen molar-refractivity contribution in [1.29, 1.82) is 0 Å². The number of ether oxygens (including phenoxy) is 1. The molecule has 0 saturated carbocycles. The second kappa shape index (κ2) is 8.49. The van der Waals surface area contributed by atoms with Crippen LogP contribution >= 0.6 is 0 Å². The number of hydrogen-bond donors (Lipinski definition) is 3. The van der Waals surface area contributed by atoms with Gasteiger partial charge >= 0.3 is 0 Å². The molecule has 21 heavy (non-hydrogen) atoms. The van der Waals surface area contributed by atoms with E-state index in [9.17, 15) is 0 Å². The zero-order valence-electron chi connectivity index (χ0n) is 13.3. The first-order valence-electron chi connectivity index (χ1n) is 7.00. The molecule has 0 heterocycles. The van der Waals surface area contributed by atoms with Gasteiger partial charge < -0.3 is 25.9 Å². The lowest BCUT2D eigenvalue weighted by atomic mass is 10.1. The van der Waals surface area contributed by atoms with Crippen LogP contribution in [0.5, 0.6) is 5.75 Å². The summed E-state index contributed by atoms with van der Waals surface area (Å²) in [4.78, 5) is 2.16. The normalized spacial score (nSPS) is 13.5. The summed E-state index contributed by atoms with van der Waals surface area (Å²) in [6.45, 7) is 3.86. The van der Waals surface area contributed by atoms with Gasteiger partial charge in [0.2, 0.25) is 0 Å². The van der Waals surface area contributed by atoms with Crippen molar-refractivity contribution in [3.05, 3.63) is 29.3 Å². The molecule has 0 radical (unpaired) electrons. The van der Waals surface area contributed by atoms with E-state index in [-0.39, 0.29) is 5.84 Å². The molecule has 0 fully saturated rings. The highest BCUT2D eigenvalue weighted by molar-refractivity contribution is 5.97. The van der Waals surface area contributed by atoms with Crippen molar-refractivity contribution in [3.63, 3.8) is 0 Å². The maximum Gasteiger partial charge on any atom is 0.170 e. The van der Waals surface area contributed by atoms with Crippen LogP contribution in [-0.4, -0.2) is 49.7 Å². The van der Waals surface area contributed by atoms with Crippen molar-refractivity contribution in [2.75, 3.05) is 27.7 Å². The van der Waals surface area contributed by atoms with Gasteiger partial charge in [-0.05, 0) is 52.2 Å². The average molecular weight is 294 g/mol. The summed E-state index contributed by atoms with van der Waals surface area (Å²) in [5.41, 5.74) is 7.29. The fraction of sp³-hybridized carbons (Fsp3) is 0.533. The summed E-state index contributed by atoms with van der Waals surface area (Å²) in [6.07, 6.45) is 1.06. The molecule has 6 nitrogen and oxygen atoms in total. The number of rotatable bonds is 8. The minimum Gasteiger partial charge on any atom is -0.496 e. The molecule has 0 bridgehead atoms. The highest BCUT2D eigenvalue weighted by Crippen LogP contribution is 2.20. The Hall–Kier alpha value is -1.79. The van der Waals surface area contributed by atoms with Gasteiger partial charge in [0.1, 0.15) is 5.75 Å². The largest absolute Gasteiger partial charge is 0.496 e. The molecule has 1 rings (SSSR count). The molecule has 4 N–H and O–H groups in total. The van der Waals surface area contributed by atoms with E-state index in [1.54, 1.807) is 13.2 Å². The first kappa shape index (κ1) is 17.3. The van der Waals surface area contributed by atoms with Gasteiger partial charge in [-0.3, -0.25) is 0 Å². The van der Waals surface area contributed by atoms with Crippen LogP contribution < -0.4 is 15.8 Å². The Bertz CT molecular complexity index is 475. The fourth-order valence-electron chi connectivity index (χ4n) is 1.97. The van der Waals surface area contributed by atoms with E-state index >= 15 is 0 Å². The minimum atomic E-state index is 0.0968. The number of benzene rings is 1. The van der Waals surface area contributed by atoms with E-state index in [1.807, 2.05) is 12.1 Å². The van der Waals surface area contributed by atoms with E-state index < -0.39 is 0 Å². The standard InChI is InChI=1S/C15H26N4O2/c1-11(7-8-19(2)3)17-10-13-9-12(15(16)18-20)5-6-14(13)21-4/h5-6,9,11,17,20H,7-8,10H2,1-4H3,(H2,16,18). The lowest BCUT2D eigenvalue weighted by molar-refractivity contribution is 0.318. The van der Waals surface area contributed by atoms with E-state index in [0.29, 0.717) is 18.2 Å². The summed E-state index contributed by atoms with van der Waals surface area (Å²) < 4.78 is 5.35. The molecule has 0 saturated heterocycles. The van der Waals surface area contributed by atoms with Crippen molar-refractivity contribution < 1.29 is 9.94 Å². The summed E-state index contributed by atoms with van der Waals surface area (Å²) in [6, 6.07) is 5.87. The predicted molar refractivity (Wildman–Crippen MR) is 85.0 cm³/mol. The Morgan fingerprint density at radius 2 is 2.19 bits per heavy atom. The highest BCUT2D eigenvalue weighted by Gasteiger charge is 2.09. The van der Waals surface area contributed by atoms with Gasteiger partial charge in [-0.2, -0.15) is 0 Å². The predicted octanol–water partition coefficient (Wildman–Crippen LogP) is 1.22. The summed E-state index contributed by atoms with van der Waals surface area (Å²) in [7, 11) is 5.77. The van der Waals surface area contributed by atoms with E-state index in [4.69, 9.17) is 15.7 Å². The van der Waals surface area contributed by atoms with Gasteiger partial charge in [-0.1, -0.05) is 5.16 Å². The second-order valence-corrected chi connectivity index (χ2v) is 5.39. The fourth-order valence-corrected chi connectivity index (χ4v) is 1.97. The summed E-state index contributed by atoms with van der Waals surface area (Å²) >= 11 is 0. The average Bonchev–Trinajstić information content (AvgIpc) is 2.49. The van der Waals surface area contributed by atoms with E-state index in [2.05, 4.69) is 36.4 Å². The van der Waals surface area contributed by atoms with Gasteiger partial charge in [0, 0.05) is 23.7 Å². The molecule has 1 aromatic carbocycles. The first-order chi connectivity index (χ1) is 9.97. The van der Waals surface area contributed by atoms with Gasteiger partial charge in [-0.25, -0.2) is 0 Å². The number of nitrogens with one attached hydrogen (secondary N) is 1. The molecule has 118 valence electrons.